The van der Waals surface area contributed by atoms with E-state index in [0.29, 0.717) is 5.02 Å². The number of fused-ring (bicyclic) bond motifs is 3. The predicted octanol–water partition coefficient (Wildman–Crippen LogP) is 4.31. The quantitative estimate of drug-likeness (QED) is 0.726. The Morgan fingerprint density at radius 2 is 1.70 bits per heavy atom. The zero-order valence-electron chi connectivity index (χ0n) is 15.8. The van der Waals surface area contributed by atoms with Gasteiger partial charge in [0.25, 0.3) is 0 Å². The molecule has 1 heterocycles. The van der Waals surface area contributed by atoms with E-state index < -0.39 is 10.8 Å². The maximum atomic E-state index is 13.3. The molecule has 4 rings (SSSR count). The van der Waals surface area contributed by atoms with E-state index in [0.717, 1.165) is 16.8 Å². The number of hydrogen-bond donors (Lipinski definition) is 0. The average molecular weight is 384 g/mol. The summed E-state index contributed by atoms with van der Waals surface area (Å²) in [5.74, 6) is -0.528. The summed E-state index contributed by atoms with van der Waals surface area (Å²) >= 11 is 6.49. The van der Waals surface area contributed by atoms with Crippen molar-refractivity contribution in [3.63, 3.8) is 0 Å². The van der Waals surface area contributed by atoms with Crippen LogP contribution < -0.4 is 4.90 Å². The number of ether oxygens (including phenoxy) is 1. The fourth-order valence-electron chi connectivity index (χ4n) is 4.50. The Kier molecular flexibility index (Phi) is 3.90. The third kappa shape index (κ3) is 2.29. The van der Waals surface area contributed by atoms with Crippen LogP contribution in [0, 0.1) is 5.41 Å². The first-order valence-corrected chi connectivity index (χ1v) is 9.40. The lowest BCUT2D eigenvalue weighted by atomic mass is 9.87. The van der Waals surface area contributed by atoms with Gasteiger partial charge in [0.1, 0.15) is 5.41 Å². The number of rotatable bonds is 2. The molecule has 4 nitrogen and oxygen atoms in total. The van der Waals surface area contributed by atoms with Gasteiger partial charge in [-0.3, -0.25) is 9.59 Å². The van der Waals surface area contributed by atoms with Gasteiger partial charge in [0.05, 0.1) is 13.2 Å². The summed E-state index contributed by atoms with van der Waals surface area (Å²) < 4.78 is 5.22. The molecule has 0 N–H and O–H groups in total. The van der Waals surface area contributed by atoms with Crippen molar-refractivity contribution in [2.24, 2.45) is 5.41 Å². The molecular weight excluding hydrogens is 362 g/mol. The Balaban J connectivity index is 1.95. The molecule has 1 aliphatic carbocycles. The maximum Gasteiger partial charge on any atom is 0.319 e. The van der Waals surface area contributed by atoms with Crippen LogP contribution in [0.25, 0.3) is 0 Å². The normalized spacial score (nSPS) is 25.6. The second-order valence-electron chi connectivity index (χ2n) is 8.25. The third-order valence-corrected chi connectivity index (χ3v) is 6.01. The SMILES string of the molecule is COC(=O)[C@@]1(c2ccccc2Cl)[C@@H]2c3ccccc3N(C(=O)C(C)(C)C)[C@@H]21. The largest absolute Gasteiger partial charge is 0.468 e. The Hall–Kier alpha value is -2.33. The number of esters is 1. The Morgan fingerprint density at radius 3 is 2.33 bits per heavy atom. The van der Waals surface area contributed by atoms with Crippen molar-refractivity contribution in [3.05, 3.63) is 64.7 Å². The van der Waals surface area contributed by atoms with E-state index in [9.17, 15) is 9.59 Å². The van der Waals surface area contributed by atoms with Gasteiger partial charge in [-0.2, -0.15) is 0 Å². The molecule has 2 aromatic carbocycles. The number of methoxy groups -OCH3 is 1. The maximum absolute atomic E-state index is 13.3. The van der Waals surface area contributed by atoms with Crippen LogP contribution in [0.1, 0.15) is 37.8 Å². The molecule has 0 saturated heterocycles. The van der Waals surface area contributed by atoms with E-state index in [1.807, 2.05) is 63.2 Å². The molecule has 1 fully saturated rings. The Morgan fingerprint density at radius 1 is 1.07 bits per heavy atom. The molecule has 140 valence electrons. The minimum Gasteiger partial charge on any atom is -0.468 e. The van der Waals surface area contributed by atoms with Crippen LogP contribution in [0.4, 0.5) is 5.69 Å². The van der Waals surface area contributed by atoms with Gasteiger partial charge in [0, 0.05) is 22.0 Å². The molecule has 2 aliphatic rings. The molecule has 0 aromatic heterocycles. The summed E-state index contributed by atoms with van der Waals surface area (Å²) in [5, 5.41) is 0.512. The molecule has 1 amide bonds. The van der Waals surface area contributed by atoms with Crippen molar-refractivity contribution in [1.29, 1.82) is 0 Å². The summed E-state index contributed by atoms with van der Waals surface area (Å²) in [6.07, 6.45) is 0. The van der Waals surface area contributed by atoms with Crippen molar-refractivity contribution < 1.29 is 14.3 Å². The fraction of sp³-hybridized carbons (Fsp3) is 0.364. The lowest BCUT2D eigenvalue weighted by Gasteiger charge is -2.32. The highest BCUT2D eigenvalue weighted by molar-refractivity contribution is 6.32. The summed E-state index contributed by atoms with van der Waals surface area (Å²) in [5.41, 5.74) is 1.04. The summed E-state index contributed by atoms with van der Waals surface area (Å²) in [6, 6.07) is 14.8. The lowest BCUT2D eigenvalue weighted by Crippen LogP contribution is -2.45. The van der Waals surface area contributed by atoms with E-state index in [2.05, 4.69) is 0 Å². The van der Waals surface area contributed by atoms with E-state index in [4.69, 9.17) is 16.3 Å². The van der Waals surface area contributed by atoms with Crippen LogP contribution >= 0.6 is 11.6 Å². The fourth-order valence-corrected chi connectivity index (χ4v) is 4.80. The highest BCUT2D eigenvalue weighted by Crippen LogP contribution is 2.70. The Bertz CT molecular complexity index is 949. The van der Waals surface area contributed by atoms with E-state index in [1.165, 1.54) is 7.11 Å². The number of carbonyl (C=O) groups is 2. The van der Waals surface area contributed by atoms with Crippen molar-refractivity contribution in [3.8, 4) is 0 Å². The highest BCUT2D eigenvalue weighted by Gasteiger charge is 2.79. The zero-order chi connectivity index (χ0) is 19.6. The van der Waals surface area contributed by atoms with E-state index in [-0.39, 0.29) is 23.8 Å². The van der Waals surface area contributed by atoms with Crippen LogP contribution in [-0.2, 0) is 19.7 Å². The summed E-state index contributed by atoms with van der Waals surface area (Å²) in [4.78, 5) is 28.2. The van der Waals surface area contributed by atoms with Crippen molar-refractivity contribution in [2.45, 2.75) is 38.1 Å². The predicted molar refractivity (Wildman–Crippen MR) is 105 cm³/mol. The minimum atomic E-state index is -0.970. The van der Waals surface area contributed by atoms with E-state index in [1.54, 1.807) is 11.0 Å². The molecule has 0 bridgehead atoms. The molecule has 5 heteroatoms. The molecule has 0 radical (unpaired) electrons. The molecule has 0 spiro atoms. The van der Waals surface area contributed by atoms with Crippen molar-refractivity contribution in [2.75, 3.05) is 12.0 Å². The molecular formula is C22H22ClNO3. The zero-order valence-corrected chi connectivity index (χ0v) is 16.6. The van der Waals surface area contributed by atoms with Crippen LogP contribution in [0.2, 0.25) is 5.02 Å². The van der Waals surface area contributed by atoms with Gasteiger partial charge in [-0.1, -0.05) is 68.8 Å². The summed E-state index contributed by atoms with van der Waals surface area (Å²) in [7, 11) is 1.39. The molecule has 27 heavy (non-hydrogen) atoms. The number of anilines is 1. The minimum absolute atomic E-state index is 0.0136. The molecule has 2 aromatic rings. The monoisotopic (exact) mass is 383 g/mol. The number of carbonyl (C=O) groups excluding carboxylic acids is 2. The van der Waals surface area contributed by atoms with Crippen molar-refractivity contribution in [1.82, 2.24) is 0 Å². The van der Waals surface area contributed by atoms with Gasteiger partial charge in [-0.05, 0) is 23.3 Å². The lowest BCUT2D eigenvalue weighted by molar-refractivity contribution is -0.144. The first-order valence-electron chi connectivity index (χ1n) is 9.02. The average Bonchev–Trinajstić information content (AvgIpc) is 3.19. The van der Waals surface area contributed by atoms with Gasteiger partial charge >= 0.3 is 5.97 Å². The van der Waals surface area contributed by atoms with Crippen LogP contribution in [0.5, 0.6) is 0 Å². The van der Waals surface area contributed by atoms with Gasteiger partial charge < -0.3 is 9.64 Å². The number of hydrogen-bond acceptors (Lipinski definition) is 3. The highest BCUT2D eigenvalue weighted by atomic mass is 35.5. The molecule has 3 atom stereocenters. The topological polar surface area (TPSA) is 46.6 Å². The summed E-state index contributed by atoms with van der Waals surface area (Å²) in [6.45, 7) is 5.68. The van der Waals surface area contributed by atoms with Crippen molar-refractivity contribution >= 4 is 29.2 Å². The Labute approximate surface area is 164 Å². The number of nitrogens with zero attached hydrogens (tertiary/aromatic N) is 1. The first-order chi connectivity index (χ1) is 12.8. The second kappa shape index (κ2) is 5.83. The van der Waals surface area contributed by atoms with Crippen LogP contribution in [0.15, 0.2) is 48.5 Å². The number of benzene rings is 2. The van der Waals surface area contributed by atoms with Crippen LogP contribution in [-0.4, -0.2) is 25.0 Å². The smallest absolute Gasteiger partial charge is 0.319 e. The van der Waals surface area contributed by atoms with Gasteiger partial charge in [-0.15, -0.1) is 0 Å². The van der Waals surface area contributed by atoms with Gasteiger partial charge in [0.15, 0.2) is 0 Å². The van der Waals surface area contributed by atoms with Gasteiger partial charge in [0.2, 0.25) is 5.91 Å². The molecule has 1 aliphatic heterocycles. The number of halogens is 1. The first kappa shape index (κ1) is 18.1. The van der Waals surface area contributed by atoms with E-state index >= 15 is 0 Å². The second-order valence-corrected chi connectivity index (χ2v) is 8.65. The van der Waals surface area contributed by atoms with Gasteiger partial charge in [-0.25, -0.2) is 0 Å². The number of para-hydroxylation sites is 1. The number of amides is 1. The van der Waals surface area contributed by atoms with Crippen LogP contribution in [0.3, 0.4) is 0 Å². The standard InChI is InChI=1S/C22H22ClNO3/c1-21(2,3)19(25)24-16-12-8-5-9-13(16)17-18(24)22(17,20(26)27-4)14-10-6-7-11-15(14)23/h5-12,17-18H,1-4H3/t17-,18+,22+/m1/s1. The molecule has 0 unspecified atom stereocenters. The molecule has 1 saturated carbocycles. The third-order valence-electron chi connectivity index (χ3n) is 5.68.